The van der Waals surface area contributed by atoms with E-state index in [0.29, 0.717) is 12.0 Å². The first-order valence-electron chi connectivity index (χ1n) is 7.20. The number of likely N-dealkylation sites (N-methyl/N-ethyl adjacent to an activating group) is 1. The van der Waals surface area contributed by atoms with Gasteiger partial charge in [0.25, 0.3) is 0 Å². The number of rotatable bonds is 5. The van der Waals surface area contributed by atoms with Gasteiger partial charge < -0.3 is 10.1 Å². The fraction of sp³-hybridized carbons (Fsp3) is 0.625. The lowest BCUT2D eigenvalue weighted by atomic mass is 9.94. The predicted octanol–water partition coefficient (Wildman–Crippen LogP) is 3.72. The van der Waals surface area contributed by atoms with Crippen molar-refractivity contribution in [3.05, 3.63) is 29.8 Å². The van der Waals surface area contributed by atoms with E-state index in [-0.39, 0.29) is 6.10 Å². The third kappa shape index (κ3) is 3.26. The zero-order valence-corrected chi connectivity index (χ0v) is 11.8. The van der Waals surface area contributed by atoms with Crippen LogP contribution < -0.4 is 10.1 Å². The van der Waals surface area contributed by atoms with Gasteiger partial charge in [-0.05, 0) is 56.8 Å². The lowest BCUT2D eigenvalue weighted by Gasteiger charge is -2.21. The first-order valence-corrected chi connectivity index (χ1v) is 7.20. The van der Waals surface area contributed by atoms with Crippen molar-refractivity contribution >= 4 is 0 Å². The van der Waals surface area contributed by atoms with Gasteiger partial charge in [-0.1, -0.05) is 25.5 Å². The molecule has 1 N–H and O–H groups in total. The molecule has 100 valence electrons. The van der Waals surface area contributed by atoms with Crippen molar-refractivity contribution in [3.8, 4) is 5.75 Å². The smallest absolute Gasteiger partial charge is 0.119 e. The van der Waals surface area contributed by atoms with Gasteiger partial charge >= 0.3 is 0 Å². The van der Waals surface area contributed by atoms with Gasteiger partial charge in [-0.3, -0.25) is 0 Å². The highest BCUT2D eigenvalue weighted by Crippen LogP contribution is 2.35. The maximum atomic E-state index is 5.69. The second-order valence-corrected chi connectivity index (χ2v) is 5.44. The summed E-state index contributed by atoms with van der Waals surface area (Å²) >= 11 is 0. The van der Waals surface area contributed by atoms with Crippen LogP contribution in [0.4, 0.5) is 0 Å². The van der Waals surface area contributed by atoms with Crippen molar-refractivity contribution in [2.45, 2.75) is 58.1 Å². The zero-order valence-electron chi connectivity index (χ0n) is 11.8. The second kappa shape index (κ2) is 6.24. The first-order chi connectivity index (χ1) is 8.70. The normalized spacial score (nSPS) is 23.6. The van der Waals surface area contributed by atoms with Gasteiger partial charge in [0.2, 0.25) is 0 Å². The van der Waals surface area contributed by atoms with Crippen LogP contribution in [0, 0.1) is 0 Å². The van der Waals surface area contributed by atoms with Crippen LogP contribution in [-0.2, 0) is 0 Å². The van der Waals surface area contributed by atoms with Gasteiger partial charge in [0.05, 0.1) is 6.10 Å². The maximum absolute atomic E-state index is 5.69. The minimum absolute atomic E-state index is 0.247. The highest BCUT2D eigenvalue weighted by atomic mass is 16.5. The number of nitrogens with one attached hydrogen (secondary N) is 1. The first kappa shape index (κ1) is 13.4. The van der Waals surface area contributed by atoms with Crippen molar-refractivity contribution in [3.63, 3.8) is 0 Å². The van der Waals surface area contributed by atoms with E-state index >= 15 is 0 Å². The average Bonchev–Trinajstić information content (AvgIpc) is 2.78. The molecule has 2 heteroatoms. The molecule has 1 aliphatic carbocycles. The van der Waals surface area contributed by atoms with Crippen LogP contribution in [0.1, 0.15) is 51.5 Å². The second-order valence-electron chi connectivity index (χ2n) is 5.44. The standard InChI is InChI=1S/C16H25NO/c1-4-17-16-7-5-6-15(16)13-8-10-14(11-9-13)18-12(2)3/h8-12,15-17H,4-7H2,1-3H3. The van der Waals surface area contributed by atoms with Crippen LogP contribution in [0.2, 0.25) is 0 Å². The Kier molecular flexibility index (Phi) is 4.65. The largest absolute Gasteiger partial charge is 0.491 e. The number of benzene rings is 1. The number of hydrogen-bond donors (Lipinski definition) is 1. The maximum Gasteiger partial charge on any atom is 0.119 e. The summed E-state index contributed by atoms with van der Waals surface area (Å²) in [5.74, 6) is 1.66. The van der Waals surface area contributed by atoms with E-state index in [2.05, 4.69) is 50.4 Å². The summed E-state index contributed by atoms with van der Waals surface area (Å²) < 4.78 is 5.69. The van der Waals surface area contributed by atoms with Gasteiger partial charge in [-0.15, -0.1) is 0 Å². The number of hydrogen-bond acceptors (Lipinski definition) is 2. The molecule has 18 heavy (non-hydrogen) atoms. The monoisotopic (exact) mass is 247 g/mol. The molecule has 0 aromatic heterocycles. The minimum atomic E-state index is 0.247. The van der Waals surface area contributed by atoms with Crippen molar-refractivity contribution < 1.29 is 4.74 Å². The Morgan fingerprint density at radius 2 is 1.94 bits per heavy atom. The zero-order chi connectivity index (χ0) is 13.0. The van der Waals surface area contributed by atoms with Crippen molar-refractivity contribution in [1.82, 2.24) is 5.32 Å². The Bertz CT molecular complexity index is 358. The average molecular weight is 247 g/mol. The molecule has 2 atom stereocenters. The van der Waals surface area contributed by atoms with Crippen LogP contribution in [0.15, 0.2) is 24.3 Å². The van der Waals surface area contributed by atoms with Crippen molar-refractivity contribution in [2.24, 2.45) is 0 Å². The molecule has 2 unspecified atom stereocenters. The van der Waals surface area contributed by atoms with Gasteiger partial charge in [-0.2, -0.15) is 0 Å². The van der Waals surface area contributed by atoms with Crippen LogP contribution in [-0.4, -0.2) is 18.7 Å². The molecule has 0 saturated heterocycles. The molecule has 0 amide bonds. The fourth-order valence-corrected chi connectivity index (χ4v) is 2.93. The molecule has 0 heterocycles. The van der Waals surface area contributed by atoms with E-state index < -0.39 is 0 Å². The Morgan fingerprint density at radius 3 is 2.56 bits per heavy atom. The summed E-state index contributed by atoms with van der Waals surface area (Å²) in [6.07, 6.45) is 4.20. The third-order valence-electron chi connectivity index (χ3n) is 3.66. The Hall–Kier alpha value is -1.02. The van der Waals surface area contributed by atoms with Gasteiger partial charge in [-0.25, -0.2) is 0 Å². The quantitative estimate of drug-likeness (QED) is 0.856. The van der Waals surface area contributed by atoms with E-state index in [9.17, 15) is 0 Å². The molecule has 0 aliphatic heterocycles. The van der Waals surface area contributed by atoms with Gasteiger partial charge in [0, 0.05) is 6.04 Å². The van der Waals surface area contributed by atoms with E-state index in [1.165, 1.54) is 24.8 Å². The van der Waals surface area contributed by atoms with E-state index in [0.717, 1.165) is 12.3 Å². The Labute approximate surface area is 111 Å². The summed E-state index contributed by atoms with van der Waals surface area (Å²) in [6, 6.07) is 9.34. The lowest BCUT2D eigenvalue weighted by molar-refractivity contribution is 0.242. The minimum Gasteiger partial charge on any atom is -0.491 e. The Balaban J connectivity index is 2.04. The van der Waals surface area contributed by atoms with E-state index in [4.69, 9.17) is 4.74 Å². The summed E-state index contributed by atoms with van der Waals surface area (Å²) in [4.78, 5) is 0. The van der Waals surface area contributed by atoms with Crippen LogP contribution >= 0.6 is 0 Å². The molecule has 1 aromatic rings. The molecule has 1 aliphatic rings. The van der Waals surface area contributed by atoms with Gasteiger partial charge in [0.15, 0.2) is 0 Å². The van der Waals surface area contributed by atoms with E-state index in [1.807, 2.05) is 0 Å². The topological polar surface area (TPSA) is 21.3 Å². The molecule has 1 saturated carbocycles. The van der Waals surface area contributed by atoms with Crippen molar-refractivity contribution in [2.75, 3.05) is 6.54 Å². The summed E-state index contributed by atoms with van der Waals surface area (Å²) in [5, 5.41) is 3.61. The predicted molar refractivity (Wildman–Crippen MR) is 76.3 cm³/mol. The van der Waals surface area contributed by atoms with Crippen LogP contribution in [0.3, 0.4) is 0 Å². The van der Waals surface area contributed by atoms with Crippen LogP contribution in [0.5, 0.6) is 5.75 Å². The Morgan fingerprint density at radius 1 is 1.22 bits per heavy atom. The van der Waals surface area contributed by atoms with Gasteiger partial charge in [0.1, 0.15) is 5.75 Å². The SMILES string of the molecule is CCNC1CCCC1c1ccc(OC(C)C)cc1. The molecule has 0 radical (unpaired) electrons. The van der Waals surface area contributed by atoms with Crippen LogP contribution in [0.25, 0.3) is 0 Å². The third-order valence-corrected chi connectivity index (χ3v) is 3.66. The number of ether oxygens (including phenoxy) is 1. The molecular weight excluding hydrogens is 222 g/mol. The highest BCUT2D eigenvalue weighted by molar-refractivity contribution is 5.31. The molecule has 2 rings (SSSR count). The molecule has 1 aromatic carbocycles. The molecule has 2 nitrogen and oxygen atoms in total. The molecular formula is C16H25NO. The molecule has 1 fully saturated rings. The summed E-state index contributed by atoms with van der Waals surface area (Å²) in [7, 11) is 0. The summed E-state index contributed by atoms with van der Waals surface area (Å²) in [5.41, 5.74) is 1.45. The molecule has 0 spiro atoms. The van der Waals surface area contributed by atoms with E-state index in [1.54, 1.807) is 0 Å². The summed E-state index contributed by atoms with van der Waals surface area (Å²) in [6.45, 7) is 7.38. The fourth-order valence-electron chi connectivity index (χ4n) is 2.93. The van der Waals surface area contributed by atoms with Crippen molar-refractivity contribution in [1.29, 1.82) is 0 Å². The lowest BCUT2D eigenvalue weighted by Crippen LogP contribution is -2.30. The highest BCUT2D eigenvalue weighted by Gasteiger charge is 2.27. The molecule has 0 bridgehead atoms.